The summed E-state index contributed by atoms with van der Waals surface area (Å²) in [5.74, 6) is -0.235. The molecule has 0 saturated heterocycles. The van der Waals surface area contributed by atoms with Crippen molar-refractivity contribution in [3.63, 3.8) is 0 Å². The molecule has 0 heterocycles. The molecule has 3 amide bonds. The molecule has 0 radical (unpaired) electrons. The average molecular weight is 466 g/mol. The van der Waals surface area contributed by atoms with Crippen LogP contribution in [-0.2, 0) is 14.3 Å². The van der Waals surface area contributed by atoms with Crippen molar-refractivity contribution in [2.24, 2.45) is 0 Å². The second-order valence-electron chi connectivity index (χ2n) is 7.62. The topological polar surface area (TPSA) is 126 Å². The first-order valence-corrected chi connectivity index (χ1v) is 11.8. The fourth-order valence-electron chi connectivity index (χ4n) is 2.88. The summed E-state index contributed by atoms with van der Waals surface area (Å²) < 4.78 is 10.6. The van der Waals surface area contributed by atoms with Crippen molar-refractivity contribution in [2.45, 2.75) is 58.4 Å². The zero-order chi connectivity index (χ0) is 24.3. The molecule has 1 atom stereocenters. The van der Waals surface area contributed by atoms with E-state index in [1.165, 1.54) is 0 Å². The molecule has 0 aromatic heterocycles. The minimum atomic E-state index is -0.800. The molecule has 33 heavy (non-hydrogen) atoms. The molecule has 1 aromatic rings. The molecule has 1 rings (SSSR count). The highest BCUT2D eigenvalue weighted by Gasteiger charge is 2.22. The summed E-state index contributed by atoms with van der Waals surface area (Å²) in [5.41, 5.74) is 0.387. The Hall–Kier alpha value is -2.65. The number of ether oxygens (including phenoxy) is 2. The van der Waals surface area contributed by atoms with Gasteiger partial charge in [0.15, 0.2) is 0 Å². The summed E-state index contributed by atoms with van der Waals surface area (Å²) >= 11 is 0. The van der Waals surface area contributed by atoms with Crippen molar-refractivity contribution < 1.29 is 29.0 Å². The monoisotopic (exact) mass is 465 g/mol. The molecule has 0 aliphatic carbocycles. The van der Waals surface area contributed by atoms with E-state index in [1.54, 1.807) is 24.3 Å². The van der Waals surface area contributed by atoms with Crippen LogP contribution in [0, 0.1) is 0 Å². The van der Waals surface area contributed by atoms with Crippen molar-refractivity contribution in [3.8, 4) is 5.75 Å². The van der Waals surface area contributed by atoms with Crippen LogP contribution in [0.3, 0.4) is 0 Å². The molecular weight excluding hydrogens is 426 g/mol. The van der Waals surface area contributed by atoms with Crippen molar-refractivity contribution in [1.29, 1.82) is 0 Å². The normalized spacial score (nSPS) is 11.5. The number of hydrogen-bond donors (Lipinski definition) is 4. The molecule has 9 heteroatoms. The Labute approximate surface area is 196 Å². The van der Waals surface area contributed by atoms with Crippen LogP contribution < -0.4 is 20.7 Å². The van der Waals surface area contributed by atoms with E-state index in [-0.39, 0.29) is 37.9 Å². The van der Waals surface area contributed by atoms with Crippen molar-refractivity contribution in [3.05, 3.63) is 29.8 Å². The maximum absolute atomic E-state index is 12.7. The smallest absolute Gasteiger partial charge is 0.251 e. The number of amides is 3. The van der Waals surface area contributed by atoms with Gasteiger partial charge < -0.3 is 30.5 Å². The third-order valence-electron chi connectivity index (χ3n) is 4.81. The van der Waals surface area contributed by atoms with Crippen LogP contribution in [-0.4, -0.2) is 68.4 Å². The Kier molecular flexibility index (Phi) is 15.4. The number of benzene rings is 1. The SMILES string of the molecule is CCCCNC(=O)CCC(NC(=O)c1ccc(OCCOCCO)cc1)C(=O)NCCCC. The summed E-state index contributed by atoms with van der Waals surface area (Å²) in [6, 6.07) is 5.76. The van der Waals surface area contributed by atoms with Gasteiger partial charge >= 0.3 is 0 Å². The predicted octanol–water partition coefficient (Wildman–Crippen LogP) is 1.79. The van der Waals surface area contributed by atoms with Gasteiger partial charge in [-0.25, -0.2) is 0 Å². The van der Waals surface area contributed by atoms with Gasteiger partial charge in [0.2, 0.25) is 11.8 Å². The van der Waals surface area contributed by atoms with Crippen LogP contribution in [0.1, 0.15) is 62.7 Å². The van der Waals surface area contributed by atoms with Crippen LogP contribution in [0.4, 0.5) is 0 Å². The number of aliphatic hydroxyl groups excluding tert-OH is 1. The second kappa shape index (κ2) is 17.9. The van der Waals surface area contributed by atoms with Gasteiger partial charge in [0.05, 0.1) is 19.8 Å². The maximum Gasteiger partial charge on any atom is 0.251 e. The molecule has 0 spiro atoms. The molecule has 4 N–H and O–H groups in total. The lowest BCUT2D eigenvalue weighted by atomic mass is 10.1. The third kappa shape index (κ3) is 12.8. The van der Waals surface area contributed by atoms with E-state index in [0.29, 0.717) is 37.6 Å². The quantitative estimate of drug-likeness (QED) is 0.245. The first-order chi connectivity index (χ1) is 16.0. The van der Waals surface area contributed by atoms with E-state index >= 15 is 0 Å². The minimum absolute atomic E-state index is 0.0367. The van der Waals surface area contributed by atoms with Crippen LogP contribution in [0.5, 0.6) is 5.75 Å². The fourth-order valence-corrected chi connectivity index (χ4v) is 2.88. The molecule has 0 bridgehead atoms. The Morgan fingerprint density at radius 1 is 0.939 bits per heavy atom. The second-order valence-corrected chi connectivity index (χ2v) is 7.62. The number of carbonyl (C=O) groups excluding carboxylic acids is 3. The van der Waals surface area contributed by atoms with Crippen molar-refractivity contribution >= 4 is 17.7 Å². The van der Waals surface area contributed by atoms with Crippen molar-refractivity contribution in [1.82, 2.24) is 16.0 Å². The fraction of sp³-hybridized carbons (Fsp3) is 0.625. The van der Waals surface area contributed by atoms with Crippen LogP contribution in [0.25, 0.3) is 0 Å². The van der Waals surface area contributed by atoms with Gasteiger partial charge in [-0.1, -0.05) is 26.7 Å². The highest BCUT2D eigenvalue weighted by Crippen LogP contribution is 2.13. The zero-order valence-corrected chi connectivity index (χ0v) is 19.9. The number of hydrogen-bond acceptors (Lipinski definition) is 6. The Morgan fingerprint density at radius 3 is 2.24 bits per heavy atom. The van der Waals surface area contributed by atoms with Crippen LogP contribution in [0.15, 0.2) is 24.3 Å². The van der Waals surface area contributed by atoms with Gasteiger partial charge in [-0.3, -0.25) is 14.4 Å². The van der Waals surface area contributed by atoms with Crippen LogP contribution >= 0.6 is 0 Å². The van der Waals surface area contributed by atoms with Gasteiger partial charge in [0.1, 0.15) is 18.4 Å². The van der Waals surface area contributed by atoms with E-state index in [2.05, 4.69) is 16.0 Å². The highest BCUT2D eigenvalue weighted by molar-refractivity contribution is 5.97. The standard InChI is InChI=1S/C24H39N3O6/c1-3-5-13-25-22(29)12-11-21(24(31)26-14-6-4-2)27-23(30)19-7-9-20(10-8-19)33-18-17-32-16-15-28/h7-10,21,28H,3-6,11-18H2,1-2H3,(H,25,29)(H,26,31)(H,27,30). The molecule has 1 unspecified atom stereocenters. The van der Waals surface area contributed by atoms with Crippen molar-refractivity contribution in [2.75, 3.05) is 39.5 Å². The maximum atomic E-state index is 12.7. The highest BCUT2D eigenvalue weighted by atomic mass is 16.5. The van der Waals surface area contributed by atoms with Gasteiger partial charge in [0.25, 0.3) is 5.91 Å². The number of nitrogens with one attached hydrogen (secondary N) is 3. The van der Waals surface area contributed by atoms with E-state index in [0.717, 1.165) is 25.7 Å². The Balaban J connectivity index is 2.63. The molecule has 0 fully saturated rings. The lowest BCUT2D eigenvalue weighted by Gasteiger charge is -2.18. The zero-order valence-electron chi connectivity index (χ0n) is 19.9. The summed E-state index contributed by atoms with van der Waals surface area (Å²) in [7, 11) is 0. The molecule has 1 aromatic carbocycles. The predicted molar refractivity (Wildman–Crippen MR) is 126 cm³/mol. The van der Waals surface area contributed by atoms with Gasteiger partial charge in [-0.05, 0) is 43.5 Å². The van der Waals surface area contributed by atoms with Gasteiger partial charge in [0, 0.05) is 25.1 Å². The molecule has 0 saturated carbocycles. The van der Waals surface area contributed by atoms with Crippen LogP contribution in [0.2, 0.25) is 0 Å². The third-order valence-corrected chi connectivity index (χ3v) is 4.81. The summed E-state index contributed by atoms with van der Waals surface area (Å²) in [5, 5.41) is 17.1. The van der Waals surface area contributed by atoms with Gasteiger partial charge in [-0.2, -0.15) is 0 Å². The Morgan fingerprint density at radius 2 is 1.61 bits per heavy atom. The average Bonchev–Trinajstić information content (AvgIpc) is 2.82. The lowest BCUT2D eigenvalue weighted by molar-refractivity contribution is -0.124. The number of rotatable bonds is 18. The minimum Gasteiger partial charge on any atom is -0.491 e. The number of unbranched alkanes of at least 4 members (excludes halogenated alkanes) is 2. The van der Waals surface area contributed by atoms with E-state index in [9.17, 15) is 14.4 Å². The summed E-state index contributed by atoms with van der Waals surface area (Å²) in [4.78, 5) is 37.4. The molecule has 186 valence electrons. The van der Waals surface area contributed by atoms with E-state index in [4.69, 9.17) is 14.6 Å². The van der Waals surface area contributed by atoms with Gasteiger partial charge in [-0.15, -0.1) is 0 Å². The Bertz CT molecular complexity index is 696. The van der Waals surface area contributed by atoms with E-state index < -0.39 is 11.9 Å². The molecule has 9 nitrogen and oxygen atoms in total. The summed E-state index contributed by atoms with van der Waals surface area (Å²) in [6.45, 7) is 6.11. The largest absolute Gasteiger partial charge is 0.491 e. The molecule has 0 aliphatic rings. The lowest BCUT2D eigenvalue weighted by Crippen LogP contribution is -2.47. The number of aliphatic hydroxyl groups is 1. The molecule has 0 aliphatic heterocycles. The first kappa shape index (κ1) is 28.4. The summed E-state index contributed by atoms with van der Waals surface area (Å²) in [6.07, 6.45) is 4.05. The first-order valence-electron chi connectivity index (χ1n) is 11.8. The van der Waals surface area contributed by atoms with E-state index in [1.807, 2.05) is 13.8 Å². The molecular formula is C24H39N3O6. The number of carbonyl (C=O) groups is 3.